The maximum Gasteiger partial charge on any atom is 0.309 e. The maximum absolute atomic E-state index is 11.4. The number of aromatic nitrogens is 2. The van der Waals surface area contributed by atoms with Crippen LogP contribution in [0.25, 0.3) is 0 Å². The summed E-state index contributed by atoms with van der Waals surface area (Å²) in [5, 5.41) is 0. The van der Waals surface area contributed by atoms with E-state index in [1.807, 2.05) is 24.7 Å². The van der Waals surface area contributed by atoms with E-state index in [0.29, 0.717) is 12.5 Å². The number of carbonyl (C=O) groups is 1. The molecule has 0 aromatic carbocycles. The molecule has 1 saturated heterocycles. The van der Waals surface area contributed by atoms with E-state index in [9.17, 15) is 4.79 Å². The molecule has 0 spiro atoms. The minimum atomic E-state index is -0.0373. The zero-order chi connectivity index (χ0) is 10.8. The Balaban J connectivity index is 2.06. The van der Waals surface area contributed by atoms with Crippen molar-refractivity contribution in [3.8, 4) is 0 Å². The molecule has 1 aromatic rings. The number of aryl methyl sites for hydroxylation is 1. The standard InChI is InChI=1S/C11H16N2O2/c1-3-10-8(6-15-11(10)14)4-9-5-12-7-13(9)2/h5,7-8,10H,3-4,6H2,1-2H3/t8-,10+/m0/s1. The maximum atomic E-state index is 11.4. The summed E-state index contributed by atoms with van der Waals surface area (Å²) in [7, 11) is 1.97. The molecule has 0 N–H and O–H groups in total. The van der Waals surface area contributed by atoms with Crippen LogP contribution in [0, 0.1) is 11.8 Å². The first-order chi connectivity index (χ1) is 7.22. The van der Waals surface area contributed by atoms with E-state index in [2.05, 4.69) is 4.98 Å². The smallest absolute Gasteiger partial charge is 0.309 e. The summed E-state index contributed by atoms with van der Waals surface area (Å²) in [4.78, 5) is 15.5. The Labute approximate surface area is 89.3 Å². The Morgan fingerprint density at radius 3 is 3.07 bits per heavy atom. The first-order valence-electron chi connectivity index (χ1n) is 5.34. The summed E-state index contributed by atoms with van der Waals surface area (Å²) in [5.41, 5.74) is 1.16. The molecule has 0 amide bonds. The fourth-order valence-electron chi connectivity index (χ4n) is 2.16. The molecule has 82 valence electrons. The van der Waals surface area contributed by atoms with E-state index in [-0.39, 0.29) is 11.9 Å². The molecular formula is C11H16N2O2. The van der Waals surface area contributed by atoms with Crippen LogP contribution in [0.5, 0.6) is 0 Å². The van der Waals surface area contributed by atoms with Gasteiger partial charge in [0.2, 0.25) is 0 Å². The molecule has 0 bridgehead atoms. The highest BCUT2D eigenvalue weighted by molar-refractivity contribution is 5.74. The van der Waals surface area contributed by atoms with Gasteiger partial charge in [0.25, 0.3) is 0 Å². The molecule has 15 heavy (non-hydrogen) atoms. The number of hydrogen-bond donors (Lipinski definition) is 0. The van der Waals surface area contributed by atoms with Crippen LogP contribution >= 0.6 is 0 Å². The van der Waals surface area contributed by atoms with Crippen LogP contribution in [0.15, 0.2) is 12.5 Å². The molecule has 4 nitrogen and oxygen atoms in total. The Bertz CT molecular complexity index is 359. The quantitative estimate of drug-likeness (QED) is 0.700. The van der Waals surface area contributed by atoms with Gasteiger partial charge in [0, 0.05) is 24.9 Å². The van der Waals surface area contributed by atoms with Crippen molar-refractivity contribution in [2.45, 2.75) is 19.8 Å². The van der Waals surface area contributed by atoms with Crippen LogP contribution in [-0.4, -0.2) is 22.1 Å². The molecule has 0 radical (unpaired) electrons. The van der Waals surface area contributed by atoms with Gasteiger partial charge in [0.1, 0.15) is 0 Å². The molecule has 2 atom stereocenters. The van der Waals surface area contributed by atoms with Crippen LogP contribution < -0.4 is 0 Å². The molecule has 2 heterocycles. The monoisotopic (exact) mass is 208 g/mol. The molecule has 2 rings (SSSR count). The topological polar surface area (TPSA) is 44.1 Å². The van der Waals surface area contributed by atoms with Gasteiger partial charge in [-0.15, -0.1) is 0 Å². The van der Waals surface area contributed by atoms with Gasteiger partial charge in [0.05, 0.1) is 18.9 Å². The number of rotatable bonds is 3. The van der Waals surface area contributed by atoms with E-state index < -0.39 is 0 Å². The highest BCUT2D eigenvalue weighted by Crippen LogP contribution is 2.27. The Hall–Kier alpha value is -1.32. The van der Waals surface area contributed by atoms with Crippen molar-refractivity contribution in [3.05, 3.63) is 18.2 Å². The van der Waals surface area contributed by atoms with Crippen molar-refractivity contribution in [2.24, 2.45) is 18.9 Å². The van der Waals surface area contributed by atoms with Gasteiger partial charge in [-0.1, -0.05) is 6.92 Å². The molecule has 1 fully saturated rings. The van der Waals surface area contributed by atoms with Gasteiger partial charge in [0.15, 0.2) is 0 Å². The van der Waals surface area contributed by atoms with Crippen molar-refractivity contribution in [1.29, 1.82) is 0 Å². The van der Waals surface area contributed by atoms with Crippen molar-refractivity contribution in [2.75, 3.05) is 6.61 Å². The molecule has 0 unspecified atom stereocenters. The molecule has 1 aromatic heterocycles. The van der Waals surface area contributed by atoms with Crippen LogP contribution in [0.3, 0.4) is 0 Å². The lowest BCUT2D eigenvalue weighted by atomic mass is 9.89. The number of esters is 1. The van der Waals surface area contributed by atoms with E-state index in [4.69, 9.17) is 4.74 Å². The molecule has 0 aliphatic carbocycles. The van der Waals surface area contributed by atoms with Gasteiger partial charge in [-0.25, -0.2) is 4.98 Å². The van der Waals surface area contributed by atoms with Crippen molar-refractivity contribution < 1.29 is 9.53 Å². The number of nitrogens with zero attached hydrogens (tertiary/aromatic N) is 2. The first-order valence-corrected chi connectivity index (χ1v) is 5.34. The zero-order valence-corrected chi connectivity index (χ0v) is 9.14. The normalized spacial score (nSPS) is 25.6. The number of imidazole rings is 1. The Morgan fingerprint density at radius 2 is 2.47 bits per heavy atom. The molecule has 0 saturated carbocycles. The highest BCUT2D eigenvalue weighted by Gasteiger charge is 2.35. The summed E-state index contributed by atoms with van der Waals surface area (Å²) in [6.07, 6.45) is 5.38. The first kappa shape index (κ1) is 10.2. The summed E-state index contributed by atoms with van der Waals surface area (Å²) >= 11 is 0. The lowest BCUT2D eigenvalue weighted by Gasteiger charge is -2.12. The number of hydrogen-bond acceptors (Lipinski definition) is 3. The van der Waals surface area contributed by atoms with E-state index in [1.54, 1.807) is 6.33 Å². The third-order valence-corrected chi connectivity index (χ3v) is 3.14. The van der Waals surface area contributed by atoms with Gasteiger partial charge in [-0.3, -0.25) is 4.79 Å². The SMILES string of the molecule is CC[C@H]1C(=O)OC[C@@H]1Cc1cncn1C. The third kappa shape index (κ3) is 1.89. The van der Waals surface area contributed by atoms with Gasteiger partial charge >= 0.3 is 5.97 Å². The zero-order valence-electron chi connectivity index (χ0n) is 9.14. The van der Waals surface area contributed by atoms with Crippen molar-refractivity contribution >= 4 is 5.97 Å². The second kappa shape index (κ2) is 4.04. The van der Waals surface area contributed by atoms with E-state index >= 15 is 0 Å². The minimum Gasteiger partial charge on any atom is -0.465 e. The predicted molar refractivity (Wildman–Crippen MR) is 55.1 cm³/mol. The van der Waals surface area contributed by atoms with Crippen LogP contribution in [0.2, 0.25) is 0 Å². The molecule has 4 heteroatoms. The number of carbonyl (C=O) groups excluding carboxylic acids is 1. The second-order valence-corrected chi connectivity index (χ2v) is 4.10. The van der Waals surface area contributed by atoms with Gasteiger partial charge < -0.3 is 9.30 Å². The number of ether oxygens (including phenoxy) is 1. The lowest BCUT2D eigenvalue weighted by molar-refractivity contribution is -0.141. The predicted octanol–water partition coefficient (Wildman–Crippen LogP) is 1.16. The molecule has 1 aliphatic rings. The summed E-state index contributed by atoms with van der Waals surface area (Å²) in [6.45, 7) is 2.59. The number of cyclic esters (lactones) is 1. The summed E-state index contributed by atoms with van der Waals surface area (Å²) < 4.78 is 7.08. The van der Waals surface area contributed by atoms with Crippen molar-refractivity contribution in [3.63, 3.8) is 0 Å². The second-order valence-electron chi connectivity index (χ2n) is 4.10. The lowest BCUT2D eigenvalue weighted by Crippen LogP contribution is -2.18. The Morgan fingerprint density at radius 1 is 1.67 bits per heavy atom. The van der Waals surface area contributed by atoms with E-state index in [1.165, 1.54) is 0 Å². The largest absolute Gasteiger partial charge is 0.465 e. The fraction of sp³-hybridized carbons (Fsp3) is 0.636. The summed E-state index contributed by atoms with van der Waals surface area (Å²) in [5.74, 6) is 0.350. The Kier molecular flexibility index (Phi) is 2.75. The minimum absolute atomic E-state index is 0.0373. The fourth-order valence-corrected chi connectivity index (χ4v) is 2.16. The summed E-state index contributed by atoms with van der Waals surface area (Å²) in [6, 6.07) is 0. The van der Waals surface area contributed by atoms with Gasteiger partial charge in [-0.05, 0) is 12.8 Å². The average Bonchev–Trinajstić information content (AvgIpc) is 2.76. The van der Waals surface area contributed by atoms with Gasteiger partial charge in [-0.2, -0.15) is 0 Å². The van der Waals surface area contributed by atoms with Crippen LogP contribution in [0.4, 0.5) is 0 Å². The van der Waals surface area contributed by atoms with Crippen LogP contribution in [0.1, 0.15) is 19.0 Å². The van der Waals surface area contributed by atoms with Crippen LogP contribution in [-0.2, 0) is 23.0 Å². The highest BCUT2D eigenvalue weighted by atomic mass is 16.5. The molecule has 1 aliphatic heterocycles. The third-order valence-electron chi connectivity index (χ3n) is 3.14. The van der Waals surface area contributed by atoms with E-state index in [0.717, 1.165) is 18.5 Å². The van der Waals surface area contributed by atoms with Crippen molar-refractivity contribution in [1.82, 2.24) is 9.55 Å². The average molecular weight is 208 g/mol. The molecular weight excluding hydrogens is 192 g/mol.